The summed E-state index contributed by atoms with van der Waals surface area (Å²) < 4.78 is 13.2. The molecular formula is C17H17FN2O4. The molecule has 0 radical (unpaired) electrons. The van der Waals surface area contributed by atoms with Crippen LogP contribution in [0.5, 0.6) is 0 Å². The quantitative estimate of drug-likeness (QED) is 0.777. The van der Waals surface area contributed by atoms with Crippen LogP contribution in [-0.2, 0) is 16.1 Å². The number of carbonyl (C=O) groups excluding carboxylic acids is 1. The molecular weight excluding hydrogens is 315 g/mol. The molecule has 1 aliphatic carbocycles. The van der Waals surface area contributed by atoms with E-state index in [-0.39, 0.29) is 36.3 Å². The first-order valence-electron chi connectivity index (χ1n) is 7.73. The van der Waals surface area contributed by atoms with Crippen molar-refractivity contribution >= 4 is 22.8 Å². The highest BCUT2D eigenvalue weighted by Crippen LogP contribution is 2.36. The highest BCUT2D eigenvalue weighted by atomic mass is 19.1. The Bertz CT molecular complexity index is 855. The number of pyridine rings is 1. The van der Waals surface area contributed by atoms with Crippen LogP contribution in [0, 0.1) is 17.7 Å². The summed E-state index contributed by atoms with van der Waals surface area (Å²) >= 11 is 0. The van der Waals surface area contributed by atoms with Gasteiger partial charge in [0.05, 0.1) is 5.52 Å². The third-order valence-electron chi connectivity index (χ3n) is 4.41. The van der Waals surface area contributed by atoms with Gasteiger partial charge in [0.25, 0.3) is 5.56 Å². The van der Waals surface area contributed by atoms with Gasteiger partial charge < -0.3 is 15.4 Å². The van der Waals surface area contributed by atoms with Crippen LogP contribution in [0.15, 0.2) is 29.1 Å². The van der Waals surface area contributed by atoms with Gasteiger partial charge in [-0.05, 0) is 48.4 Å². The number of amides is 1. The summed E-state index contributed by atoms with van der Waals surface area (Å²) in [5.41, 5.74) is 0.431. The van der Waals surface area contributed by atoms with Crippen LogP contribution in [0.3, 0.4) is 0 Å². The molecule has 1 aliphatic rings. The number of rotatable bonds is 5. The Labute approximate surface area is 136 Å². The summed E-state index contributed by atoms with van der Waals surface area (Å²) in [6.45, 7) is 0.0849. The molecule has 1 saturated carbocycles. The molecule has 0 unspecified atom stereocenters. The number of aromatic amines is 1. The molecule has 0 atom stereocenters. The number of nitrogens with one attached hydrogen (secondary N) is 2. The maximum atomic E-state index is 13.2. The molecule has 7 heteroatoms. The van der Waals surface area contributed by atoms with Crippen LogP contribution >= 0.6 is 0 Å². The van der Waals surface area contributed by atoms with E-state index in [1.165, 1.54) is 12.1 Å². The van der Waals surface area contributed by atoms with Gasteiger partial charge in [-0.25, -0.2) is 4.39 Å². The minimum absolute atomic E-state index is 0.0530. The first-order chi connectivity index (χ1) is 11.4. The van der Waals surface area contributed by atoms with E-state index in [2.05, 4.69) is 10.3 Å². The van der Waals surface area contributed by atoms with Crippen LogP contribution in [0.25, 0.3) is 10.9 Å². The maximum Gasteiger partial charge on any atom is 0.303 e. The monoisotopic (exact) mass is 332 g/mol. The standard InChI is InChI=1S/C17H17FN2O4/c18-13-2-1-10-6-12(17(24)20-14(10)7-13)8-19-16(23)11-3-9(4-11)5-15(21)22/h1-2,6-7,9,11H,3-5,8H2,(H,19,23)(H,20,24)(H,21,22). The Hall–Kier alpha value is -2.70. The van der Waals surface area contributed by atoms with Crippen molar-refractivity contribution in [2.45, 2.75) is 25.8 Å². The second kappa shape index (κ2) is 6.43. The average molecular weight is 332 g/mol. The van der Waals surface area contributed by atoms with E-state index >= 15 is 0 Å². The highest BCUT2D eigenvalue weighted by molar-refractivity contribution is 5.81. The zero-order valence-corrected chi connectivity index (χ0v) is 12.8. The third kappa shape index (κ3) is 3.45. The summed E-state index contributed by atoms with van der Waals surface area (Å²) in [7, 11) is 0. The van der Waals surface area contributed by atoms with Crippen molar-refractivity contribution in [1.82, 2.24) is 10.3 Å². The number of aromatic nitrogens is 1. The van der Waals surface area contributed by atoms with Crippen molar-refractivity contribution in [2.75, 3.05) is 0 Å². The molecule has 0 saturated heterocycles. The van der Waals surface area contributed by atoms with Crippen LogP contribution in [-0.4, -0.2) is 22.0 Å². The first kappa shape index (κ1) is 16.2. The molecule has 1 aromatic heterocycles. The summed E-state index contributed by atoms with van der Waals surface area (Å²) in [6, 6.07) is 5.74. The lowest BCUT2D eigenvalue weighted by Gasteiger charge is -2.33. The number of carboxylic acid groups (broad SMARTS) is 1. The number of hydrogen-bond acceptors (Lipinski definition) is 3. The molecule has 1 aromatic carbocycles. The largest absolute Gasteiger partial charge is 0.481 e. The predicted molar refractivity (Wildman–Crippen MR) is 84.8 cm³/mol. The van der Waals surface area contributed by atoms with Crippen molar-refractivity contribution in [2.24, 2.45) is 11.8 Å². The third-order valence-corrected chi connectivity index (χ3v) is 4.41. The van der Waals surface area contributed by atoms with Gasteiger partial charge in [0.1, 0.15) is 5.82 Å². The normalized spacial score (nSPS) is 19.7. The number of aliphatic carboxylic acids is 1. The van der Waals surface area contributed by atoms with Gasteiger partial charge in [-0.15, -0.1) is 0 Å². The first-order valence-corrected chi connectivity index (χ1v) is 7.73. The number of carboxylic acids is 1. The number of benzene rings is 1. The Balaban J connectivity index is 1.61. The number of fused-ring (bicyclic) bond motifs is 1. The van der Waals surface area contributed by atoms with E-state index in [4.69, 9.17) is 5.11 Å². The molecule has 2 aromatic rings. The van der Waals surface area contributed by atoms with Gasteiger partial charge >= 0.3 is 5.97 Å². The lowest BCUT2D eigenvalue weighted by Crippen LogP contribution is -2.39. The summed E-state index contributed by atoms with van der Waals surface area (Å²) in [5.74, 6) is -1.59. The fraction of sp³-hybridized carbons (Fsp3) is 0.353. The van der Waals surface area contributed by atoms with Gasteiger partial charge in [-0.2, -0.15) is 0 Å². The summed E-state index contributed by atoms with van der Waals surface area (Å²) in [5, 5.41) is 12.1. The molecule has 6 nitrogen and oxygen atoms in total. The zero-order chi connectivity index (χ0) is 17.3. The van der Waals surface area contributed by atoms with Crippen molar-refractivity contribution in [3.8, 4) is 0 Å². The maximum absolute atomic E-state index is 13.2. The number of hydrogen-bond donors (Lipinski definition) is 3. The van der Waals surface area contributed by atoms with Crippen molar-refractivity contribution in [3.05, 3.63) is 46.0 Å². The van der Waals surface area contributed by atoms with Crippen molar-refractivity contribution in [3.63, 3.8) is 0 Å². The minimum Gasteiger partial charge on any atom is -0.481 e. The van der Waals surface area contributed by atoms with Crippen LogP contribution in [0.4, 0.5) is 4.39 Å². The zero-order valence-electron chi connectivity index (χ0n) is 12.8. The highest BCUT2D eigenvalue weighted by Gasteiger charge is 2.35. The molecule has 3 N–H and O–H groups in total. The minimum atomic E-state index is -0.849. The SMILES string of the molecule is O=C(O)CC1CC(C(=O)NCc2cc3ccc(F)cc3[nH]c2=O)C1. The van der Waals surface area contributed by atoms with E-state index in [1.54, 1.807) is 12.1 Å². The molecule has 1 heterocycles. The van der Waals surface area contributed by atoms with E-state index in [1.807, 2.05) is 0 Å². The molecule has 1 fully saturated rings. The number of halogens is 1. The fourth-order valence-corrected chi connectivity index (χ4v) is 3.04. The molecule has 0 aliphatic heterocycles. The Morgan fingerprint density at radius 1 is 1.29 bits per heavy atom. The van der Waals surface area contributed by atoms with Crippen LogP contribution in [0.2, 0.25) is 0 Å². The lowest BCUT2D eigenvalue weighted by molar-refractivity contribution is -0.141. The van der Waals surface area contributed by atoms with E-state index in [0.29, 0.717) is 29.3 Å². The molecule has 24 heavy (non-hydrogen) atoms. The summed E-state index contributed by atoms with van der Waals surface area (Å²) in [6.07, 6.45) is 1.21. The lowest BCUT2D eigenvalue weighted by atomic mass is 9.73. The molecule has 3 rings (SSSR count). The van der Waals surface area contributed by atoms with Gasteiger partial charge in [-0.1, -0.05) is 0 Å². The van der Waals surface area contributed by atoms with Crippen molar-refractivity contribution in [1.29, 1.82) is 0 Å². The van der Waals surface area contributed by atoms with Gasteiger partial charge in [-0.3, -0.25) is 14.4 Å². The van der Waals surface area contributed by atoms with E-state index in [0.717, 1.165) is 0 Å². The van der Waals surface area contributed by atoms with Crippen molar-refractivity contribution < 1.29 is 19.1 Å². The Morgan fingerprint density at radius 2 is 2.04 bits per heavy atom. The molecule has 1 amide bonds. The average Bonchev–Trinajstić information content (AvgIpc) is 2.48. The second-order valence-corrected chi connectivity index (χ2v) is 6.21. The fourth-order valence-electron chi connectivity index (χ4n) is 3.04. The second-order valence-electron chi connectivity index (χ2n) is 6.21. The van der Waals surface area contributed by atoms with E-state index < -0.39 is 11.8 Å². The summed E-state index contributed by atoms with van der Waals surface area (Å²) in [4.78, 5) is 37.2. The topological polar surface area (TPSA) is 99.3 Å². The van der Waals surface area contributed by atoms with Gasteiger partial charge in [0.15, 0.2) is 0 Å². The Morgan fingerprint density at radius 3 is 2.75 bits per heavy atom. The smallest absolute Gasteiger partial charge is 0.303 e. The number of H-pyrrole nitrogens is 1. The predicted octanol–water partition coefficient (Wildman–Crippen LogP) is 1.78. The molecule has 0 bridgehead atoms. The molecule has 0 spiro atoms. The van der Waals surface area contributed by atoms with Crippen LogP contribution in [0.1, 0.15) is 24.8 Å². The van der Waals surface area contributed by atoms with Gasteiger partial charge in [0, 0.05) is 24.4 Å². The van der Waals surface area contributed by atoms with Crippen LogP contribution < -0.4 is 10.9 Å². The van der Waals surface area contributed by atoms with Gasteiger partial charge in [0.2, 0.25) is 5.91 Å². The molecule has 126 valence electrons. The Kier molecular flexibility index (Phi) is 4.33. The van der Waals surface area contributed by atoms with E-state index in [9.17, 15) is 18.8 Å². The number of carbonyl (C=O) groups is 2.